The first kappa shape index (κ1) is 14.6. The van der Waals surface area contributed by atoms with Crippen LogP contribution in [0.1, 0.15) is 24.2 Å². The maximum atomic E-state index is 5.95. The molecular formula is C17H23NO3. The zero-order chi connectivity index (χ0) is 14.5. The molecule has 1 saturated heterocycles. The Hall–Kier alpha value is -1.36. The highest BCUT2D eigenvalue weighted by Gasteiger charge is 2.16. The average Bonchev–Trinajstić information content (AvgIpc) is 2.87. The lowest BCUT2D eigenvalue weighted by atomic mass is 10.0. The summed E-state index contributed by atoms with van der Waals surface area (Å²) in [5.74, 6) is 1.56. The van der Waals surface area contributed by atoms with E-state index in [1.807, 2.05) is 25.2 Å². The predicted octanol–water partition coefficient (Wildman–Crippen LogP) is 3.10. The van der Waals surface area contributed by atoms with E-state index in [1.165, 1.54) is 10.9 Å². The average molecular weight is 289 g/mol. The lowest BCUT2D eigenvalue weighted by Gasteiger charge is -2.21. The molecule has 114 valence electrons. The summed E-state index contributed by atoms with van der Waals surface area (Å²) in [7, 11) is 1.95. The molecule has 1 N–H and O–H groups in total. The summed E-state index contributed by atoms with van der Waals surface area (Å²) in [5, 5.41) is 4.39. The zero-order valence-corrected chi connectivity index (χ0v) is 12.6. The monoisotopic (exact) mass is 289 g/mol. The number of ether oxygens (including phenoxy) is 2. The summed E-state index contributed by atoms with van der Waals surface area (Å²) in [6, 6.07) is 8.16. The molecule has 1 fully saturated rings. The highest BCUT2D eigenvalue weighted by atomic mass is 16.5. The highest BCUT2D eigenvalue weighted by molar-refractivity contribution is 5.82. The van der Waals surface area contributed by atoms with E-state index in [4.69, 9.17) is 13.9 Å². The van der Waals surface area contributed by atoms with E-state index in [1.54, 1.807) is 0 Å². The predicted molar refractivity (Wildman–Crippen MR) is 82.2 cm³/mol. The number of nitrogens with one attached hydrogen (secondary N) is 1. The Labute approximate surface area is 125 Å². The van der Waals surface area contributed by atoms with Gasteiger partial charge in [-0.15, -0.1) is 0 Å². The molecule has 1 aromatic heterocycles. The summed E-state index contributed by atoms with van der Waals surface area (Å²) < 4.78 is 17.2. The van der Waals surface area contributed by atoms with Crippen LogP contribution in [0, 0.1) is 5.92 Å². The molecule has 2 heterocycles. The molecule has 2 aromatic rings. The lowest BCUT2D eigenvalue weighted by Crippen LogP contribution is -2.20. The van der Waals surface area contributed by atoms with Gasteiger partial charge in [-0.2, -0.15) is 0 Å². The van der Waals surface area contributed by atoms with Crippen molar-refractivity contribution in [3.8, 4) is 0 Å². The maximum absolute atomic E-state index is 5.95. The molecule has 0 saturated carbocycles. The summed E-state index contributed by atoms with van der Waals surface area (Å²) in [6.45, 7) is 3.86. The van der Waals surface area contributed by atoms with Gasteiger partial charge in [0.2, 0.25) is 0 Å². The van der Waals surface area contributed by atoms with Crippen LogP contribution in [-0.4, -0.2) is 26.9 Å². The minimum atomic E-state index is 0.545. The SMILES string of the molecule is CNCc1c(COCC2CCOCC2)oc2ccccc12. The molecule has 1 aliphatic heterocycles. The molecule has 0 amide bonds. The molecule has 1 aromatic carbocycles. The van der Waals surface area contributed by atoms with E-state index in [0.717, 1.165) is 50.6 Å². The van der Waals surface area contributed by atoms with Crippen LogP contribution < -0.4 is 5.32 Å². The van der Waals surface area contributed by atoms with Crippen LogP contribution >= 0.6 is 0 Å². The molecule has 0 radical (unpaired) electrons. The second kappa shape index (κ2) is 7.07. The Balaban J connectivity index is 1.66. The Bertz CT molecular complexity index is 572. The van der Waals surface area contributed by atoms with Gasteiger partial charge in [-0.1, -0.05) is 18.2 Å². The van der Waals surface area contributed by atoms with Crippen LogP contribution in [0.3, 0.4) is 0 Å². The molecule has 1 aliphatic rings. The van der Waals surface area contributed by atoms with Crippen molar-refractivity contribution in [2.24, 2.45) is 5.92 Å². The van der Waals surface area contributed by atoms with E-state index in [-0.39, 0.29) is 0 Å². The van der Waals surface area contributed by atoms with E-state index < -0.39 is 0 Å². The van der Waals surface area contributed by atoms with Gasteiger partial charge in [0.1, 0.15) is 18.0 Å². The number of rotatable bonds is 6. The first-order valence-corrected chi connectivity index (χ1v) is 7.68. The van der Waals surface area contributed by atoms with Crippen molar-refractivity contribution in [2.75, 3.05) is 26.9 Å². The number of hydrogen-bond donors (Lipinski definition) is 1. The first-order chi connectivity index (χ1) is 10.4. The number of hydrogen-bond acceptors (Lipinski definition) is 4. The molecule has 0 bridgehead atoms. The summed E-state index contributed by atoms with van der Waals surface area (Å²) in [6.07, 6.45) is 2.20. The number of benzene rings is 1. The van der Waals surface area contributed by atoms with Crippen LogP contribution in [0.15, 0.2) is 28.7 Å². The Morgan fingerprint density at radius 1 is 1.24 bits per heavy atom. The second-order valence-electron chi connectivity index (χ2n) is 5.60. The van der Waals surface area contributed by atoms with E-state index in [2.05, 4.69) is 11.4 Å². The molecule has 0 atom stereocenters. The van der Waals surface area contributed by atoms with Crippen molar-refractivity contribution in [3.05, 3.63) is 35.6 Å². The van der Waals surface area contributed by atoms with Gasteiger partial charge in [-0.3, -0.25) is 0 Å². The van der Waals surface area contributed by atoms with Crippen LogP contribution in [0.5, 0.6) is 0 Å². The van der Waals surface area contributed by atoms with E-state index in [0.29, 0.717) is 12.5 Å². The van der Waals surface area contributed by atoms with Gasteiger partial charge in [0.25, 0.3) is 0 Å². The third-order valence-electron chi connectivity index (χ3n) is 4.06. The Kier molecular flexibility index (Phi) is 4.91. The van der Waals surface area contributed by atoms with Crippen molar-refractivity contribution < 1.29 is 13.9 Å². The molecule has 0 spiro atoms. The lowest BCUT2D eigenvalue weighted by molar-refractivity contribution is 0.0120. The van der Waals surface area contributed by atoms with Gasteiger partial charge in [-0.25, -0.2) is 0 Å². The van der Waals surface area contributed by atoms with Gasteiger partial charge in [-0.05, 0) is 31.9 Å². The van der Waals surface area contributed by atoms with Crippen molar-refractivity contribution in [1.29, 1.82) is 0 Å². The smallest absolute Gasteiger partial charge is 0.135 e. The zero-order valence-electron chi connectivity index (χ0n) is 12.6. The van der Waals surface area contributed by atoms with Crippen molar-refractivity contribution in [2.45, 2.75) is 26.0 Å². The molecule has 21 heavy (non-hydrogen) atoms. The number of furan rings is 1. The third kappa shape index (κ3) is 3.46. The van der Waals surface area contributed by atoms with Crippen molar-refractivity contribution >= 4 is 11.0 Å². The fourth-order valence-electron chi connectivity index (χ4n) is 2.87. The van der Waals surface area contributed by atoms with Crippen LogP contribution in [-0.2, 0) is 22.6 Å². The molecular weight excluding hydrogens is 266 g/mol. The van der Waals surface area contributed by atoms with Gasteiger partial charge in [0.15, 0.2) is 0 Å². The topological polar surface area (TPSA) is 43.6 Å². The van der Waals surface area contributed by atoms with Crippen LogP contribution in [0.25, 0.3) is 11.0 Å². The normalized spacial score (nSPS) is 16.6. The van der Waals surface area contributed by atoms with Gasteiger partial charge in [0, 0.05) is 30.7 Å². The fourth-order valence-corrected chi connectivity index (χ4v) is 2.87. The molecule has 0 aliphatic carbocycles. The minimum absolute atomic E-state index is 0.545. The number of fused-ring (bicyclic) bond motifs is 1. The van der Waals surface area contributed by atoms with Crippen LogP contribution in [0.4, 0.5) is 0 Å². The fraction of sp³-hybridized carbons (Fsp3) is 0.529. The van der Waals surface area contributed by atoms with Crippen LogP contribution in [0.2, 0.25) is 0 Å². The molecule has 4 heteroatoms. The summed E-state index contributed by atoms with van der Waals surface area (Å²) in [4.78, 5) is 0. The maximum Gasteiger partial charge on any atom is 0.135 e. The summed E-state index contributed by atoms with van der Waals surface area (Å²) in [5.41, 5.74) is 2.15. The van der Waals surface area contributed by atoms with Gasteiger partial charge < -0.3 is 19.2 Å². The third-order valence-corrected chi connectivity index (χ3v) is 4.06. The quantitative estimate of drug-likeness (QED) is 0.887. The largest absolute Gasteiger partial charge is 0.458 e. The minimum Gasteiger partial charge on any atom is -0.458 e. The van der Waals surface area contributed by atoms with Gasteiger partial charge >= 0.3 is 0 Å². The molecule has 4 nitrogen and oxygen atoms in total. The Morgan fingerprint density at radius 3 is 2.86 bits per heavy atom. The summed E-state index contributed by atoms with van der Waals surface area (Å²) >= 11 is 0. The Morgan fingerprint density at radius 2 is 2.05 bits per heavy atom. The van der Waals surface area contributed by atoms with Gasteiger partial charge in [0.05, 0.1) is 6.61 Å². The van der Waals surface area contributed by atoms with E-state index >= 15 is 0 Å². The van der Waals surface area contributed by atoms with Crippen molar-refractivity contribution in [3.63, 3.8) is 0 Å². The molecule has 3 rings (SSSR count). The first-order valence-electron chi connectivity index (χ1n) is 7.68. The van der Waals surface area contributed by atoms with Crippen molar-refractivity contribution in [1.82, 2.24) is 5.32 Å². The molecule has 0 unspecified atom stereocenters. The highest BCUT2D eigenvalue weighted by Crippen LogP contribution is 2.26. The second-order valence-corrected chi connectivity index (χ2v) is 5.60. The van der Waals surface area contributed by atoms with E-state index in [9.17, 15) is 0 Å². The number of para-hydroxylation sites is 1. The standard InChI is InChI=1S/C17H23NO3/c1-18-10-15-14-4-2-3-5-16(14)21-17(15)12-20-11-13-6-8-19-9-7-13/h2-5,13,18H,6-12H2,1H3.